The van der Waals surface area contributed by atoms with E-state index in [-0.39, 0.29) is 6.42 Å². The first-order chi connectivity index (χ1) is 9.13. The van der Waals surface area contributed by atoms with Crippen LogP contribution in [0, 0.1) is 0 Å². The lowest BCUT2D eigenvalue weighted by Crippen LogP contribution is -2.00. The number of carbonyl (C=O) groups is 1. The fourth-order valence-corrected chi connectivity index (χ4v) is 1.96. The number of methoxy groups -OCH3 is 1. The Labute approximate surface area is 110 Å². The Balaban J connectivity index is 2.43. The number of H-pyrrole nitrogens is 1. The zero-order valence-corrected chi connectivity index (χ0v) is 10.5. The van der Waals surface area contributed by atoms with E-state index in [1.165, 1.54) is 0 Å². The van der Waals surface area contributed by atoms with E-state index in [1.807, 2.05) is 24.3 Å². The topological polar surface area (TPSA) is 101 Å². The maximum absolute atomic E-state index is 10.7. The Morgan fingerprint density at radius 2 is 2.21 bits per heavy atom. The van der Waals surface area contributed by atoms with Gasteiger partial charge in [-0.1, -0.05) is 18.2 Å². The smallest absolute Gasteiger partial charge is 0.303 e. The molecule has 1 aromatic carbocycles. The number of carboxylic acid groups (broad SMARTS) is 1. The van der Waals surface area contributed by atoms with Crippen LogP contribution in [0.25, 0.3) is 11.1 Å². The predicted molar refractivity (Wildman–Crippen MR) is 70.9 cm³/mol. The van der Waals surface area contributed by atoms with Crippen molar-refractivity contribution in [2.75, 3.05) is 12.8 Å². The number of aliphatic carboxylic acids is 1. The number of nitrogen functional groups attached to an aromatic ring is 1. The average Bonchev–Trinajstić information content (AvgIpc) is 2.77. The van der Waals surface area contributed by atoms with Crippen molar-refractivity contribution in [3.8, 4) is 16.9 Å². The molecule has 2 aromatic rings. The summed E-state index contributed by atoms with van der Waals surface area (Å²) in [6.07, 6.45) is 0.358. The van der Waals surface area contributed by atoms with Crippen LogP contribution in [0.1, 0.15) is 12.1 Å². The maximum Gasteiger partial charge on any atom is 0.303 e. The lowest BCUT2D eigenvalue weighted by atomic mass is 10.0. The number of nitrogens with zero attached hydrogens (tertiary/aromatic N) is 1. The standard InChI is InChI=1S/C13H15N3O3/c1-19-10-5-3-2-4-8(10)12-9(6-7-11(17)18)15-16-13(12)14/h2-5H,6-7H2,1H3,(H,17,18)(H3,14,15,16). The molecule has 2 rings (SSSR count). The molecule has 0 fully saturated rings. The van der Waals surface area contributed by atoms with E-state index in [9.17, 15) is 4.79 Å². The van der Waals surface area contributed by atoms with Gasteiger partial charge in [0.2, 0.25) is 0 Å². The van der Waals surface area contributed by atoms with Gasteiger partial charge in [-0.15, -0.1) is 0 Å². The van der Waals surface area contributed by atoms with Gasteiger partial charge in [-0.3, -0.25) is 9.89 Å². The summed E-state index contributed by atoms with van der Waals surface area (Å²) in [6, 6.07) is 7.41. The second-order valence-electron chi connectivity index (χ2n) is 4.06. The van der Waals surface area contributed by atoms with E-state index in [0.29, 0.717) is 29.2 Å². The van der Waals surface area contributed by atoms with Crippen molar-refractivity contribution in [2.45, 2.75) is 12.8 Å². The maximum atomic E-state index is 10.7. The second kappa shape index (κ2) is 5.43. The molecule has 4 N–H and O–H groups in total. The van der Waals surface area contributed by atoms with Crippen LogP contribution < -0.4 is 10.5 Å². The van der Waals surface area contributed by atoms with Crippen LogP contribution >= 0.6 is 0 Å². The second-order valence-corrected chi connectivity index (χ2v) is 4.06. The van der Waals surface area contributed by atoms with Gasteiger partial charge in [-0.2, -0.15) is 5.10 Å². The van der Waals surface area contributed by atoms with E-state index in [4.69, 9.17) is 15.6 Å². The van der Waals surface area contributed by atoms with E-state index in [1.54, 1.807) is 7.11 Å². The molecular weight excluding hydrogens is 246 g/mol. The van der Waals surface area contributed by atoms with Crippen molar-refractivity contribution in [2.24, 2.45) is 0 Å². The number of aromatic amines is 1. The van der Waals surface area contributed by atoms with Crippen molar-refractivity contribution >= 4 is 11.8 Å². The number of hydrogen-bond donors (Lipinski definition) is 3. The molecule has 0 aliphatic carbocycles. The molecule has 6 heteroatoms. The molecule has 100 valence electrons. The average molecular weight is 261 g/mol. The van der Waals surface area contributed by atoms with Crippen LogP contribution in [0.2, 0.25) is 0 Å². The first kappa shape index (κ1) is 12.9. The Hall–Kier alpha value is -2.50. The van der Waals surface area contributed by atoms with E-state index >= 15 is 0 Å². The molecule has 1 heterocycles. The Morgan fingerprint density at radius 3 is 2.89 bits per heavy atom. The molecule has 0 bridgehead atoms. The molecule has 1 aromatic heterocycles. The van der Waals surface area contributed by atoms with Gasteiger partial charge in [0.15, 0.2) is 5.82 Å². The number of rotatable bonds is 5. The fourth-order valence-electron chi connectivity index (χ4n) is 1.96. The van der Waals surface area contributed by atoms with Crippen LogP contribution in [-0.2, 0) is 11.2 Å². The lowest BCUT2D eigenvalue weighted by Gasteiger charge is -2.09. The van der Waals surface area contributed by atoms with Crippen LogP contribution in [-0.4, -0.2) is 28.4 Å². The van der Waals surface area contributed by atoms with Gasteiger partial charge >= 0.3 is 5.97 Å². The summed E-state index contributed by atoms with van der Waals surface area (Å²) >= 11 is 0. The lowest BCUT2D eigenvalue weighted by molar-refractivity contribution is -0.136. The van der Waals surface area contributed by atoms with Gasteiger partial charge < -0.3 is 15.6 Å². The van der Waals surface area contributed by atoms with Crippen LogP contribution in [0.3, 0.4) is 0 Å². The molecular formula is C13H15N3O3. The molecule has 0 unspecified atom stereocenters. The summed E-state index contributed by atoms with van der Waals surface area (Å²) in [7, 11) is 1.58. The summed E-state index contributed by atoms with van der Waals surface area (Å²) in [5, 5.41) is 15.5. The normalized spacial score (nSPS) is 10.4. The number of aromatic nitrogens is 2. The highest BCUT2D eigenvalue weighted by atomic mass is 16.5. The highest BCUT2D eigenvalue weighted by Crippen LogP contribution is 2.35. The zero-order valence-electron chi connectivity index (χ0n) is 10.5. The van der Waals surface area contributed by atoms with Crippen molar-refractivity contribution in [3.63, 3.8) is 0 Å². The van der Waals surface area contributed by atoms with Gasteiger partial charge in [0.05, 0.1) is 19.1 Å². The van der Waals surface area contributed by atoms with Gasteiger partial charge in [0, 0.05) is 17.7 Å². The minimum Gasteiger partial charge on any atom is -0.496 e. The summed E-state index contributed by atoms with van der Waals surface area (Å²) in [5.41, 5.74) is 8.07. The van der Waals surface area contributed by atoms with Gasteiger partial charge in [0.1, 0.15) is 5.75 Å². The monoisotopic (exact) mass is 261 g/mol. The largest absolute Gasteiger partial charge is 0.496 e. The fraction of sp³-hybridized carbons (Fsp3) is 0.231. The Kier molecular flexibility index (Phi) is 3.70. The molecule has 0 aliphatic heterocycles. The van der Waals surface area contributed by atoms with Crippen LogP contribution in [0.15, 0.2) is 24.3 Å². The number of carboxylic acids is 1. The van der Waals surface area contributed by atoms with Crippen LogP contribution in [0.4, 0.5) is 5.82 Å². The van der Waals surface area contributed by atoms with Crippen molar-refractivity contribution < 1.29 is 14.6 Å². The van der Waals surface area contributed by atoms with Crippen molar-refractivity contribution in [3.05, 3.63) is 30.0 Å². The molecule has 19 heavy (non-hydrogen) atoms. The molecule has 6 nitrogen and oxygen atoms in total. The molecule has 0 amide bonds. The molecule has 0 saturated carbocycles. The quantitative estimate of drug-likeness (QED) is 0.760. The van der Waals surface area contributed by atoms with E-state index in [2.05, 4.69) is 10.2 Å². The van der Waals surface area contributed by atoms with E-state index in [0.717, 1.165) is 5.56 Å². The van der Waals surface area contributed by atoms with Gasteiger partial charge in [-0.05, 0) is 6.07 Å². The first-order valence-corrected chi connectivity index (χ1v) is 5.81. The predicted octanol–water partition coefficient (Wildman–Crippen LogP) is 1.68. The van der Waals surface area contributed by atoms with Crippen molar-refractivity contribution in [1.29, 1.82) is 0 Å². The third-order valence-corrected chi connectivity index (χ3v) is 2.83. The van der Waals surface area contributed by atoms with E-state index < -0.39 is 5.97 Å². The number of nitrogens with two attached hydrogens (primary N) is 1. The third-order valence-electron chi connectivity index (χ3n) is 2.83. The number of ether oxygens (including phenoxy) is 1. The highest BCUT2D eigenvalue weighted by Gasteiger charge is 2.17. The summed E-state index contributed by atoms with van der Waals surface area (Å²) in [4.78, 5) is 10.7. The number of aryl methyl sites for hydroxylation is 1. The summed E-state index contributed by atoms with van der Waals surface area (Å²) < 4.78 is 5.29. The molecule has 0 atom stereocenters. The minimum atomic E-state index is -0.862. The third kappa shape index (κ3) is 2.67. The Morgan fingerprint density at radius 1 is 1.47 bits per heavy atom. The van der Waals surface area contributed by atoms with Crippen LogP contribution in [0.5, 0.6) is 5.75 Å². The SMILES string of the molecule is COc1ccccc1-c1c(N)n[nH]c1CCC(=O)O. The molecule has 0 spiro atoms. The number of nitrogens with one attached hydrogen (secondary N) is 1. The number of anilines is 1. The van der Waals surface area contributed by atoms with Gasteiger partial charge in [-0.25, -0.2) is 0 Å². The summed E-state index contributed by atoms with van der Waals surface area (Å²) in [6.45, 7) is 0. The summed E-state index contributed by atoms with van der Waals surface area (Å²) in [5.74, 6) is 0.149. The molecule has 0 saturated heterocycles. The van der Waals surface area contributed by atoms with Gasteiger partial charge in [0.25, 0.3) is 0 Å². The first-order valence-electron chi connectivity index (χ1n) is 5.81. The number of benzene rings is 1. The number of hydrogen-bond acceptors (Lipinski definition) is 4. The zero-order chi connectivity index (χ0) is 13.8. The number of para-hydroxylation sites is 1. The molecule has 0 aliphatic rings. The molecule has 0 radical (unpaired) electrons. The highest BCUT2D eigenvalue weighted by molar-refractivity contribution is 5.81. The Bertz CT molecular complexity index is 593. The minimum absolute atomic E-state index is 0.0176. The van der Waals surface area contributed by atoms with Crippen molar-refractivity contribution in [1.82, 2.24) is 10.2 Å².